The van der Waals surface area contributed by atoms with Crippen molar-refractivity contribution in [2.24, 2.45) is 0 Å². The van der Waals surface area contributed by atoms with Crippen LogP contribution in [-0.4, -0.2) is 35.2 Å². The van der Waals surface area contributed by atoms with Gasteiger partial charge < -0.3 is 13.7 Å². The summed E-state index contributed by atoms with van der Waals surface area (Å²) in [6, 6.07) is 9.48. The Morgan fingerprint density at radius 2 is 2.04 bits per heavy atom. The van der Waals surface area contributed by atoms with Gasteiger partial charge in [-0.2, -0.15) is 4.98 Å². The first-order chi connectivity index (χ1) is 11.2. The predicted octanol–water partition coefficient (Wildman–Crippen LogP) is 2.98. The standard InChI is InChI=1S/C16H16FN3O3/c1-20(8-10-21-13-6-4-12(17)5-7-13)11-15-18-16(19-23-15)14-3-2-9-22-14/h2-7,9H,8,10-11H2,1H3. The number of ether oxygens (including phenoxy) is 1. The average molecular weight is 317 g/mol. The first-order valence-electron chi connectivity index (χ1n) is 7.14. The molecule has 0 saturated carbocycles. The van der Waals surface area contributed by atoms with Gasteiger partial charge in [0.1, 0.15) is 18.2 Å². The molecular weight excluding hydrogens is 301 g/mol. The van der Waals surface area contributed by atoms with Crippen molar-refractivity contribution in [2.75, 3.05) is 20.2 Å². The Morgan fingerprint density at radius 3 is 2.78 bits per heavy atom. The lowest BCUT2D eigenvalue weighted by atomic mass is 10.3. The third kappa shape index (κ3) is 4.17. The Balaban J connectivity index is 1.46. The molecule has 0 amide bonds. The van der Waals surface area contributed by atoms with Gasteiger partial charge in [0.15, 0.2) is 5.76 Å². The Bertz CT molecular complexity index is 725. The molecule has 0 unspecified atom stereocenters. The molecule has 0 radical (unpaired) electrons. The normalized spacial score (nSPS) is 11.1. The predicted molar refractivity (Wildman–Crippen MR) is 80.2 cm³/mol. The van der Waals surface area contributed by atoms with E-state index in [1.807, 2.05) is 11.9 Å². The van der Waals surface area contributed by atoms with Gasteiger partial charge in [0, 0.05) is 6.54 Å². The van der Waals surface area contributed by atoms with E-state index in [9.17, 15) is 4.39 Å². The number of hydrogen-bond donors (Lipinski definition) is 0. The molecule has 0 saturated heterocycles. The van der Waals surface area contributed by atoms with Crippen LogP contribution in [0.15, 0.2) is 51.6 Å². The van der Waals surface area contributed by atoms with Crippen molar-refractivity contribution in [3.63, 3.8) is 0 Å². The molecule has 6 nitrogen and oxygen atoms in total. The molecule has 0 spiro atoms. The highest BCUT2D eigenvalue weighted by molar-refractivity contribution is 5.44. The van der Waals surface area contributed by atoms with Crippen LogP contribution in [0.3, 0.4) is 0 Å². The summed E-state index contributed by atoms with van der Waals surface area (Å²) in [5.74, 6) is 1.86. The van der Waals surface area contributed by atoms with Crippen LogP contribution in [0.2, 0.25) is 0 Å². The van der Waals surface area contributed by atoms with E-state index in [0.717, 1.165) is 0 Å². The molecule has 120 valence electrons. The molecular formula is C16H16FN3O3. The molecule has 0 fully saturated rings. The van der Waals surface area contributed by atoms with Gasteiger partial charge in [0.25, 0.3) is 0 Å². The molecule has 0 bridgehead atoms. The Hall–Kier alpha value is -2.67. The van der Waals surface area contributed by atoms with E-state index in [2.05, 4.69) is 10.1 Å². The number of likely N-dealkylation sites (N-methyl/N-ethyl adjacent to an activating group) is 1. The van der Waals surface area contributed by atoms with Crippen LogP contribution in [0.5, 0.6) is 5.75 Å². The summed E-state index contributed by atoms with van der Waals surface area (Å²) in [7, 11) is 1.92. The largest absolute Gasteiger partial charge is 0.492 e. The first kappa shape index (κ1) is 15.2. The van der Waals surface area contributed by atoms with Crippen LogP contribution >= 0.6 is 0 Å². The van der Waals surface area contributed by atoms with Crippen molar-refractivity contribution in [3.8, 4) is 17.3 Å². The van der Waals surface area contributed by atoms with Gasteiger partial charge in [-0.05, 0) is 43.4 Å². The first-order valence-corrected chi connectivity index (χ1v) is 7.14. The van der Waals surface area contributed by atoms with E-state index < -0.39 is 0 Å². The number of aromatic nitrogens is 2. The minimum absolute atomic E-state index is 0.279. The van der Waals surface area contributed by atoms with E-state index in [0.29, 0.717) is 42.9 Å². The highest BCUT2D eigenvalue weighted by atomic mass is 19.1. The smallest absolute Gasteiger partial charge is 0.241 e. The fraction of sp³-hybridized carbons (Fsp3) is 0.250. The number of rotatable bonds is 7. The second-order valence-corrected chi connectivity index (χ2v) is 5.03. The van der Waals surface area contributed by atoms with Crippen LogP contribution in [0, 0.1) is 5.82 Å². The lowest BCUT2D eigenvalue weighted by Gasteiger charge is -2.14. The zero-order chi connectivity index (χ0) is 16.1. The fourth-order valence-electron chi connectivity index (χ4n) is 1.99. The lowest BCUT2D eigenvalue weighted by Crippen LogP contribution is -2.24. The minimum Gasteiger partial charge on any atom is -0.492 e. The summed E-state index contributed by atoms with van der Waals surface area (Å²) >= 11 is 0. The van der Waals surface area contributed by atoms with Gasteiger partial charge >= 0.3 is 0 Å². The zero-order valence-electron chi connectivity index (χ0n) is 12.6. The van der Waals surface area contributed by atoms with Crippen LogP contribution < -0.4 is 4.74 Å². The molecule has 3 aromatic rings. The van der Waals surface area contributed by atoms with Crippen molar-refractivity contribution in [1.82, 2.24) is 15.0 Å². The third-order valence-corrected chi connectivity index (χ3v) is 3.17. The maximum absolute atomic E-state index is 12.8. The van der Waals surface area contributed by atoms with Crippen LogP contribution in [-0.2, 0) is 6.54 Å². The quantitative estimate of drug-likeness (QED) is 0.667. The molecule has 1 aromatic carbocycles. The number of benzene rings is 1. The summed E-state index contributed by atoms with van der Waals surface area (Å²) < 4.78 is 28.7. The third-order valence-electron chi connectivity index (χ3n) is 3.17. The van der Waals surface area contributed by atoms with Crippen LogP contribution in [0.1, 0.15) is 5.89 Å². The molecule has 23 heavy (non-hydrogen) atoms. The molecule has 0 aliphatic carbocycles. The van der Waals surface area contributed by atoms with E-state index in [-0.39, 0.29) is 5.82 Å². The van der Waals surface area contributed by atoms with Crippen LogP contribution in [0.25, 0.3) is 11.6 Å². The van der Waals surface area contributed by atoms with Gasteiger partial charge in [0.05, 0.1) is 12.8 Å². The molecule has 7 heteroatoms. The zero-order valence-corrected chi connectivity index (χ0v) is 12.6. The van der Waals surface area contributed by atoms with Crippen molar-refractivity contribution >= 4 is 0 Å². The van der Waals surface area contributed by atoms with Gasteiger partial charge in [-0.15, -0.1) is 0 Å². The van der Waals surface area contributed by atoms with E-state index in [1.165, 1.54) is 12.1 Å². The van der Waals surface area contributed by atoms with Gasteiger partial charge in [0.2, 0.25) is 11.7 Å². The van der Waals surface area contributed by atoms with Crippen LogP contribution in [0.4, 0.5) is 4.39 Å². The highest BCUT2D eigenvalue weighted by Gasteiger charge is 2.12. The average Bonchev–Trinajstić information content (AvgIpc) is 3.20. The monoisotopic (exact) mass is 317 g/mol. The highest BCUT2D eigenvalue weighted by Crippen LogP contribution is 2.16. The Kier molecular flexibility index (Phi) is 4.68. The van der Waals surface area contributed by atoms with Crippen molar-refractivity contribution < 1.29 is 18.1 Å². The topological polar surface area (TPSA) is 64.5 Å². The number of halogens is 1. The lowest BCUT2D eigenvalue weighted by molar-refractivity contribution is 0.212. The van der Waals surface area contributed by atoms with E-state index in [4.69, 9.17) is 13.7 Å². The second kappa shape index (κ2) is 7.06. The van der Waals surface area contributed by atoms with Gasteiger partial charge in [-0.1, -0.05) is 5.16 Å². The molecule has 2 heterocycles. The minimum atomic E-state index is -0.279. The molecule has 0 aliphatic rings. The van der Waals surface area contributed by atoms with Crippen molar-refractivity contribution in [2.45, 2.75) is 6.54 Å². The Labute approximate surface area is 132 Å². The number of furan rings is 1. The SMILES string of the molecule is CN(CCOc1ccc(F)cc1)Cc1nc(-c2ccco2)no1. The molecule has 0 aliphatic heterocycles. The fourth-order valence-corrected chi connectivity index (χ4v) is 1.99. The number of hydrogen-bond acceptors (Lipinski definition) is 6. The Morgan fingerprint density at radius 1 is 1.22 bits per heavy atom. The summed E-state index contributed by atoms with van der Waals surface area (Å²) in [5, 5.41) is 3.87. The van der Waals surface area contributed by atoms with Crippen molar-refractivity contribution in [1.29, 1.82) is 0 Å². The number of nitrogens with zero attached hydrogens (tertiary/aromatic N) is 3. The maximum atomic E-state index is 12.8. The molecule has 0 N–H and O–H groups in total. The van der Waals surface area contributed by atoms with E-state index in [1.54, 1.807) is 30.5 Å². The summed E-state index contributed by atoms with van der Waals surface area (Å²) in [4.78, 5) is 6.26. The summed E-state index contributed by atoms with van der Waals surface area (Å²) in [6.45, 7) is 1.64. The van der Waals surface area contributed by atoms with Crippen molar-refractivity contribution in [3.05, 3.63) is 54.4 Å². The van der Waals surface area contributed by atoms with Gasteiger partial charge in [-0.3, -0.25) is 4.90 Å². The summed E-state index contributed by atoms with van der Waals surface area (Å²) in [5.41, 5.74) is 0. The second-order valence-electron chi connectivity index (χ2n) is 5.03. The maximum Gasteiger partial charge on any atom is 0.241 e. The molecule has 3 rings (SSSR count). The van der Waals surface area contributed by atoms with Gasteiger partial charge in [-0.25, -0.2) is 4.39 Å². The molecule has 2 aromatic heterocycles. The molecule has 0 atom stereocenters. The summed E-state index contributed by atoms with van der Waals surface area (Å²) in [6.07, 6.45) is 1.56. The van der Waals surface area contributed by atoms with E-state index >= 15 is 0 Å².